The van der Waals surface area contributed by atoms with Gasteiger partial charge in [-0.25, -0.2) is 18.4 Å². The van der Waals surface area contributed by atoms with Gasteiger partial charge in [0.15, 0.2) is 21.3 Å². The number of hydrogen-bond acceptors (Lipinski definition) is 9. The summed E-state index contributed by atoms with van der Waals surface area (Å²) >= 11 is 0. The maximum Gasteiger partial charge on any atom is 0.278 e. The molecule has 0 saturated carbocycles. The number of carbonyl (C=O) groups is 1. The molecule has 0 aliphatic carbocycles. The van der Waals surface area contributed by atoms with E-state index >= 15 is 0 Å². The molecule has 11 heteroatoms. The van der Waals surface area contributed by atoms with Gasteiger partial charge in [0.1, 0.15) is 5.75 Å². The smallest absolute Gasteiger partial charge is 0.278 e. The normalized spacial score (nSPS) is 21.2. The molecule has 5 rings (SSSR count). The standard InChI is InChI=1S/C31H41N5O5S/c1-30(2)20-31(3,38)16-7-5-6-8-17-41-27-22(18-33-4)10-9-11-24(27)36-29(37)26-28(32)34-19-25(35-26)21-12-14-23(15-13-21)42(30,39)40/h9-15,19,33,38H,5-8,16-18,20H2,1-4H3,(H2,32,34)(H,36,37)/t31-/m1/s1. The number of sulfone groups is 1. The van der Waals surface area contributed by atoms with E-state index in [2.05, 4.69) is 20.6 Å². The highest BCUT2D eigenvalue weighted by atomic mass is 32.2. The van der Waals surface area contributed by atoms with Gasteiger partial charge < -0.3 is 26.2 Å². The molecule has 10 nitrogen and oxygen atoms in total. The number of hydrogen-bond donors (Lipinski definition) is 4. The van der Waals surface area contributed by atoms with Crippen LogP contribution in [0.2, 0.25) is 0 Å². The predicted octanol–water partition coefficient (Wildman–Crippen LogP) is 4.73. The number of rotatable bonds is 2. The minimum atomic E-state index is -3.78. The summed E-state index contributed by atoms with van der Waals surface area (Å²) < 4.78 is 32.2. The van der Waals surface area contributed by atoms with E-state index in [0.29, 0.717) is 42.3 Å². The Kier molecular flexibility index (Phi) is 9.54. The number of benzene rings is 2. The van der Waals surface area contributed by atoms with Gasteiger partial charge in [0.05, 0.1) is 39.4 Å². The quantitative estimate of drug-likeness (QED) is 0.329. The van der Waals surface area contributed by atoms with Crippen LogP contribution in [0.3, 0.4) is 0 Å². The van der Waals surface area contributed by atoms with Crippen LogP contribution in [-0.2, 0) is 16.4 Å². The molecule has 4 bridgehead atoms. The Morgan fingerprint density at radius 2 is 1.79 bits per heavy atom. The highest BCUT2D eigenvalue weighted by molar-refractivity contribution is 7.92. The molecule has 226 valence electrons. The zero-order valence-electron chi connectivity index (χ0n) is 24.7. The van der Waals surface area contributed by atoms with Crippen LogP contribution < -0.4 is 21.1 Å². The molecule has 0 spiro atoms. The molecule has 3 heterocycles. The van der Waals surface area contributed by atoms with Crippen molar-refractivity contribution in [2.75, 3.05) is 24.7 Å². The maximum absolute atomic E-state index is 13.6. The number of anilines is 2. The Morgan fingerprint density at radius 3 is 2.50 bits per heavy atom. The molecule has 0 unspecified atom stereocenters. The molecule has 1 amide bonds. The number of aromatic nitrogens is 2. The van der Waals surface area contributed by atoms with Crippen LogP contribution in [-0.4, -0.2) is 53.4 Å². The van der Waals surface area contributed by atoms with Crippen LogP contribution in [0.25, 0.3) is 11.3 Å². The molecule has 5 N–H and O–H groups in total. The van der Waals surface area contributed by atoms with Crippen molar-refractivity contribution in [3.05, 3.63) is 59.9 Å². The summed E-state index contributed by atoms with van der Waals surface area (Å²) in [4.78, 5) is 22.2. The van der Waals surface area contributed by atoms with Gasteiger partial charge in [-0.3, -0.25) is 4.79 Å². The third-order valence-electron chi connectivity index (χ3n) is 7.58. The van der Waals surface area contributed by atoms with Crippen LogP contribution in [0.15, 0.2) is 53.6 Å². The Balaban J connectivity index is 1.73. The minimum Gasteiger partial charge on any atom is -0.491 e. The number of nitrogens with two attached hydrogens (primary N) is 1. The lowest BCUT2D eigenvalue weighted by Gasteiger charge is -2.33. The third-order valence-corrected chi connectivity index (χ3v) is 10.1. The fraction of sp³-hybridized carbons (Fsp3) is 0.452. The van der Waals surface area contributed by atoms with E-state index in [1.165, 1.54) is 18.3 Å². The number of para-hydroxylation sites is 1. The van der Waals surface area contributed by atoms with Crippen LogP contribution in [0, 0.1) is 0 Å². The molecule has 2 aliphatic heterocycles. The van der Waals surface area contributed by atoms with Gasteiger partial charge in [-0.05, 0) is 65.3 Å². The van der Waals surface area contributed by atoms with Crippen LogP contribution in [0.5, 0.6) is 5.75 Å². The number of carbonyl (C=O) groups excluding carboxylic acids is 1. The van der Waals surface area contributed by atoms with Crippen molar-refractivity contribution in [2.45, 2.75) is 81.1 Å². The molecular weight excluding hydrogens is 554 g/mol. The Morgan fingerprint density at radius 1 is 1.07 bits per heavy atom. The predicted molar refractivity (Wildman–Crippen MR) is 164 cm³/mol. The Hall–Kier alpha value is -3.54. The Bertz CT molecular complexity index is 1520. The average Bonchev–Trinajstić information content (AvgIpc) is 2.93. The fourth-order valence-corrected chi connectivity index (χ4v) is 7.06. The molecular formula is C31H41N5O5S. The van der Waals surface area contributed by atoms with Crippen molar-refractivity contribution >= 4 is 27.2 Å². The van der Waals surface area contributed by atoms with Crippen molar-refractivity contribution < 1.29 is 23.1 Å². The van der Waals surface area contributed by atoms with Crippen LogP contribution in [0.4, 0.5) is 11.5 Å². The molecule has 2 aromatic carbocycles. The lowest BCUT2D eigenvalue weighted by molar-refractivity contribution is 0.0308. The van der Waals surface area contributed by atoms with Gasteiger partial charge in [-0.1, -0.05) is 43.5 Å². The average molecular weight is 596 g/mol. The first kappa shape index (κ1) is 31.4. The van der Waals surface area contributed by atoms with E-state index in [0.717, 1.165) is 31.2 Å². The number of ether oxygens (including phenoxy) is 1. The summed E-state index contributed by atoms with van der Waals surface area (Å²) in [5, 5.41) is 17.2. The van der Waals surface area contributed by atoms with Crippen molar-refractivity contribution in [1.82, 2.24) is 15.3 Å². The lowest BCUT2D eigenvalue weighted by Crippen LogP contribution is -2.41. The van der Waals surface area contributed by atoms with Gasteiger partial charge in [0.25, 0.3) is 5.91 Å². The Labute approximate surface area is 248 Å². The molecule has 42 heavy (non-hydrogen) atoms. The molecule has 0 fully saturated rings. The fourth-order valence-electron chi connectivity index (χ4n) is 5.43. The summed E-state index contributed by atoms with van der Waals surface area (Å²) in [5.74, 6) is 0.00277. The van der Waals surface area contributed by atoms with Gasteiger partial charge >= 0.3 is 0 Å². The van der Waals surface area contributed by atoms with Gasteiger partial charge in [-0.2, -0.15) is 0 Å². The van der Waals surface area contributed by atoms with Gasteiger partial charge in [0, 0.05) is 17.7 Å². The summed E-state index contributed by atoms with van der Waals surface area (Å²) in [6, 6.07) is 11.8. The van der Waals surface area contributed by atoms with Crippen molar-refractivity contribution in [3.8, 4) is 17.0 Å². The monoisotopic (exact) mass is 595 g/mol. The van der Waals surface area contributed by atoms with E-state index < -0.39 is 26.1 Å². The molecule has 2 aliphatic rings. The zero-order chi connectivity index (χ0) is 30.5. The second kappa shape index (κ2) is 12.8. The summed E-state index contributed by atoms with van der Waals surface area (Å²) in [5.41, 5.74) is 7.19. The first-order valence-corrected chi connectivity index (χ1v) is 15.7. The first-order valence-electron chi connectivity index (χ1n) is 14.3. The molecule has 1 atom stereocenters. The first-order chi connectivity index (χ1) is 19.8. The van der Waals surface area contributed by atoms with Crippen molar-refractivity contribution in [2.24, 2.45) is 0 Å². The van der Waals surface area contributed by atoms with Gasteiger partial charge in [0.2, 0.25) is 0 Å². The molecule has 1 aromatic heterocycles. The zero-order valence-corrected chi connectivity index (χ0v) is 25.6. The molecule has 3 aromatic rings. The number of aliphatic hydroxyl groups is 1. The summed E-state index contributed by atoms with van der Waals surface area (Å²) in [6.07, 6.45) is 5.31. The minimum absolute atomic E-state index is 0.0347. The summed E-state index contributed by atoms with van der Waals surface area (Å²) in [7, 11) is -1.93. The van der Waals surface area contributed by atoms with E-state index in [-0.39, 0.29) is 22.8 Å². The SMILES string of the molecule is CNCc1cccc2c1OCCCCCC[C@@](C)(O)CC(C)(C)S(=O)(=O)c1ccc(cc1)-c1cnc(N)c(n1)C(=O)N2. The molecule has 0 radical (unpaired) electrons. The van der Waals surface area contributed by atoms with Crippen LogP contribution in [0.1, 0.15) is 75.3 Å². The number of nitrogens with one attached hydrogen (secondary N) is 2. The van der Waals surface area contributed by atoms with Crippen molar-refractivity contribution in [1.29, 1.82) is 0 Å². The third kappa shape index (κ3) is 7.08. The van der Waals surface area contributed by atoms with E-state index in [4.69, 9.17) is 10.5 Å². The number of amides is 1. The number of nitrogen functional groups attached to an aromatic ring is 1. The maximum atomic E-state index is 13.6. The van der Waals surface area contributed by atoms with E-state index in [1.54, 1.807) is 39.0 Å². The largest absolute Gasteiger partial charge is 0.491 e. The van der Waals surface area contributed by atoms with Gasteiger partial charge in [-0.15, -0.1) is 0 Å². The lowest BCUT2D eigenvalue weighted by atomic mass is 9.88. The van der Waals surface area contributed by atoms with Crippen LogP contribution >= 0.6 is 0 Å². The second-order valence-corrected chi connectivity index (χ2v) is 14.3. The summed E-state index contributed by atoms with van der Waals surface area (Å²) in [6.45, 7) is 6.00. The van der Waals surface area contributed by atoms with Crippen molar-refractivity contribution in [3.63, 3.8) is 0 Å². The number of fused-ring (bicyclic) bond motifs is 13. The van der Waals surface area contributed by atoms with E-state index in [1.807, 2.05) is 19.2 Å². The highest BCUT2D eigenvalue weighted by Gasteiger charge is 2.41. The second-order valence-electron chi connectivity index (χ2n) is 11.7. The molecule has 0 saturated heterocycles. The van der Waals surface area contributed by atoms with E-state index in [9.17, 15) is 18.3 Å². The number of nitrogens with zero attached hydrogens (tertiary/aromatic N) is 2. The highest BCUT2D eigenvalue weighted by Crippen LogP contribution is 2.36. The topological polar surface area (TPSA) is 157 Å².